The van der Waals surface area contributed by atoms with Gasteiger partial charge >= 0.3 is 6.18 Å². The van der Waals surface area contributed by atoms with E-state index in [1.807, 2.05) is 0 Å². The lowest BCUT2D eigenvalue weighted by molar-refractivity contribution is -0.137. The molecule has 1 N–H and O–H groups in total. The first-order valence-corrected chi connectivity index (χ1v) is 8.28. The Morgan fingerprint density at radius 3 is 2.56 bits per heavy atom. The Bertz CT molecular complexity index is 820. The molecule has 1 amide bonds. The molecule has 4 nitrogen and oxygen atoms in total. The first kappa shape index (κ1) is 19.1. The summed E-state index contributed by atoms with van der Waals surface area (Å²) in [5.41, 5.74) is -0.901. The number of pyridine rings is 1. The van der Waals surface area contributed by atoms with E-state index < -0.39 is 35.2 Å². The van der Waals surface area contributed by atoms with Gasteiger partial charge in [-0.1, -0.05) is 0 Å². The third-order valence-electron chi connectivity index (χ3n) is 4.31. The molecule has 1 fully saturated rings. The number of piperidine rings is 1. The van der Waals surface area contributed by atoms with Gasteiger partial charge in [-0.05, 0) is 37.1 Å². The summed E-state index contributed by atoms with van der Waals surface area (Å²) >= 11 is 0. The highest BCUT2D eigenvalue weighted by Gasteiger charge is 2.37. The quantitative estimate of drug-likeness (QED) is 0.805. The molecule has 144 valence electrons. The molecule has 1 aromatic heterocycles. The van der Waals surface area contributed by atoms with Crippen molar-refractivity contribution in [3.05, 3.63) is 53.7 Å². The van der Waals surface area contributed by atoms with Crippen LogP contribution >= 0.6 is 0 Å². The van der Waals surface area contributed by atoms with Crippen molar-refractivity contribution < 1.29 is 26.7 Å². The topological polar surface area (TPSA) is 45.2 Å². The molecule has 0 bridgehead atoms. The summed E-state index contributed by atoms with van der Waals surface area (Å²) in [6, 6.07) is 4.78. The molecule has 1 saturated heterocycles. The lowest BCUT2D eigenvalue weighted by Crippen LogP contribution is -2.42. The number of amides is 1. The Labute approximate surface area is 152 Å². The van der Waals surface area contributed by atoms with E-state index in [9.17, 15) is 26.7 Å². The second kappa shape index (κ2) is 7.50. The molecule has 0 radical (unpaired) electrons. The van der Waals surface area contributed by atoms with Gasteiger partial charge in [-0.25, -0.2) is 13.8 Å². The smallest absolute Gasteiger partial charge is 0.355 e. The highest BCUT2D eigenvalue weighted by Crippen LogP contribution is 2.36. The van der Waals surface area contributed by atoms with Gasteiger partial charge in [-0.2, -0.15) is 13.2 Å². The predicted molar refractivity (Wildman–Crippen MR) is 89.2 cm³/mol. The van der Waals surface area contributed by atoms with Crippen LogP contribution in [0, 0.1) is 17.6 Å². The minimum atomic E-state index is -4.56. The van der Waals surface area contributed by atoms with Crippen molar-refractivity contribution in [3.8, 4) is 0 Å². The summed E-state index contributed by atoms with van der Waals surface area (Å²) in [7, 11) is 0. The zero-order chi connectivity index (χ0) is 19.6. The van der Waals surface area contributed by atoms with E-state index in [0.717, 1.165) is 18.2 Å². The normalized spacial score (nSPS) is 17.7. The van der Waals surface area contributed by atoms with Crippen molar-refractivity contribution in [2.75, 3.05) is 23.3 Å². The number of halogens is 5. The summed E-state index contributed by atoms with van der Waals surface area (Å²) in [5, 5.41) is 2.42. The summed E-state index contributed by atoms with van der Waals surface area (Å²) in [4.78, 5) is 17.7. The Morgan fingerprint density at radius 2 is 1.89 bits per heavy atom. The SMILES string of the molecule is O=C(Nc1cc(F)cc(F)c1)C1CCCN(c2ncccc2C(F)(F)F)C1. The van der Waals surface area contributed by atoms with Gasteiger partial charge in [0.2, 0.25) is 5.91 Å². The van der Waals surface area contributed by atoms with E-state index in [1.54, 1.807) is 0 Å². The Kier molecular flexibility index (Phi) is 5.29. The van der Waals surface area contributed by atoms with E-state index in [1.165, 1.54) is 17.2 Å². The maximum atomic E-state index is 13.2. The molecule has 3 rings (SSSR count). The molecule has 0 spiro atoms. The fourth-order valence-electron chi connectivity index (χ4n) is 3.12. The number of carbonyl (C=O) groups excluding carboxylic acids is 1. The average molecular weight is 385 g/mol. The largest absolute Gasteiger partial charge is 0.419 e. The van der Waals surface area contributed by atoms with Crippen molar-refractivity contribution in [1.82, 2.24) is 4.98 Å². The number of anilines is 2. The number of benzene rings is 1. The van der Waals surface area contributed by atoms with Gasteiger partial charge in [-0.3, -0.25) is 4.79 Å². The molecule has 0 aliphatic carbocycles. The van der Waals surface area contributed by atoms with Crippen LogP contribution in [0.25, 0.3) is 0 Å². The highest BCUT2D eigenvalue weighted by atomic mass is 19.4. The zero-order valence-corrected chi connectivity index (χ0v) is 14.1. The van der Waals surface area contributed by atoms with Crippen molar-refractivity contribution in [3.63, 3.8) is 0 Å². The summed E-state index contributed by atoms with van der Waals surface area (Å²) < 4.78 is 66.1. The standard InChI is InChI=1S/C18H16F5N3O/c19-12-7-13(20)9-14(8-12)25-17(27)11-3-2-6-26(10-11)16-15(18(21,22)23)4-1-5-24-16/h1,4-5,7-9,11H,2-3,6,10H2,(H,25,27). The number of aromatic nitrogens is 1. The number of nitrogens with zero attached hydrogens (tertiary/aromatic N) is 2. The Morgan fingerprint density at radius 1 is 1.19 bits per heavy atom. The number of hydrogen-bond donors (Lipinski definition) is 1. The first-order chi connectivity index (χ1) is 12.7. The number of nitrogens with one attached hydrogen (secondary N) is 1. The van der Waals surface area contributed by atoms with Crippen LogP contribution in [-0.4, -0.2) is 24.0 Å². The molecular formula is C18H16F5N3O. The minimum absolute atomic E-state index is 0.0315. The predicted octanol–water partition coefficient (Wildman–Crippen LogP) is 4.23. The third-order valence-corrected chi connectivity index (χ3v) is 4.31. The molecule has 27 heavy (non-hydrogen) atoms. The number of alkyl halides is 3. The fraction of sp³-hybridized carbons (Fsp3) is 0.333. The van der Waals surface area contributed by atoms with Crippen LogP contribution in [0.5, 0.6) is 0 Å². The van der Waals surface area contributed by atoms with Crippen molar-refractivity contribution in [1.29, 1.82) is 0 Å². The highest BCUT2D eigenvalue weighted by molar-refractivity contribution is 5.93. The van der Waals surface area contributed by atoms with Crippen LogP contribution < -0.4 is 10.2 Å². The van der Waals surface area contributed by atoms with Crippen LogP contribution in [0.15, 0.2) is 36.5 Å². The molecular weight excluding hydrogens is 369 g/mol. The monoisotopic (exact) mass is 385 g/mol. The zero-order valence-electron chi connectivity index (χ0n) is 14.1. The Hall–Kier alpha value is -2.71. The Balaban J connectivity index is 1.76. The van der Waals surface area contributed by atoms with Crippen LogP contribution in [0.3, 0.4) is 0 Å². The number of rotatable bonds is 3. The maximum Gasteiger partial charge on any atom is 0.419 e. The van der Waals surface area contributed by atoms with Crippen LogP contribution in [0.4, 0.5) is 33.5 Å². The van der Waals surface area contributed by atoms with Crippen molar-refractivity contribution >= 4 is 17.4 Å². The molecule has 1 aliphatic rings. The maximum absolute atomic E-state index is 13.2. The lowest BCUT2D eigenvalue weighted by Gasteiger charge is -2.34. The van der Waals surface area contributed by atoms with E-state index in [0.29, 0.717) is 25.5 Å². The summed E-state index contributed by atoms with van der Waals surface area (Å²) in [6.45, 7) is 0.363. The molecule has 9 heteroatoms. The minimum Gasteiger partial charge on any atom is -0.355 e. The first-order valence-electron chi connectivity index (χ1n) is 8.28. The number of hydrogen-bond acceptors (Lipinski definition) is 3. The lowest BCUT2D eigenvalue weighted by atomic mass is 9.96. The van der Waals surface area contributed by atoms with Gasteiger partial charge < -0.3 is 10.2 Å². The molecule has 1 aliphatic heterocycles. The van der Waals surface area contributed by atoms with Crippen LogP contribution in [-0.2, 0) is 11.0 Å². The molecule has 1 aromatic carbocycles. The van der Waals surface area contributed by atoms with E-state index in [2.05, 4.69) is 10.3 Å². The molecule has 0 saturated carbocycles. The van der Waals surface area contributed by atoms with E-state index in [-0.39, 0.29) is 18.1 Å². The molecule has 1 unspecified atom stereocenters. The summed E-state index contributed by atoms with van der Waals surface area (Å²) in [5.74, 6) is -3.03. The van der Waals surface area contributed by atoms with Crippen LogP contribution in [0.1, 0.15) is 18.4 Å². The third kappa shape index (κ3) is 4.53. The fourth-order valence-corrected chi connectivity index (χ4v) is 3.12. The molecule has 1 atom stereocenters. The van der Waals surface area contributed by atoms with Gasteiger partial charge in [0.05, 0.1) is 11.5 Å². The average Bonchev–Trinajstić information content (AvgIpc) is 2.60. The van der Waals surface area contributed by atoms with Gasteiger partial charge in [0.15, 0.2) is 0 Å². The summed E-state index contributed by atoms with van der Waals surface area (Å²) in [6.07, 6.45) is -2.35. The van der Waals surface area contributed by atoms with Gasteiger partial charge in [0, 0.05) is 31.0 Å². The van der Waals surface area contributed by atoms with Gasteiger partial charge in [-0.15, -0.1) is 0 Å². The number of carbonyl (C=O) groups is 1. The molecule has 2 aromatic rings. The van der Waals surface area contributed by atoms with Gasteiger partial charge in [0.1, 0.15) is 17.5 Å². The van der Waals surface area contributed by atoms with Crippen molar-refractivity contribution in [2.24, 2.45) is 5.92 Å². The van der Waals surface area contributed by atoms with E-state index >= 15 is 0 Å². The second-order valence-electron chi connectivity index (χ2n) is 6.30. The van der Waals surface area contributed by atoms with Crippen LogP contribution in [0.2, 0.25) is 0 Å². The van der Waals surface area contributed by atoms with E-state index in [4.69, 9.17) is 0 Å². The second-order valence-corrected chi connectivity index (χ2v) is 6.30. The molecule has 2 heterocycles. The van der Waals surface area contributed by atoms with Gasteiger partial charge in [0.25, 0.3) is 0 Å². The van der Waals surface area contributed by atoms with Crippen molar-refractivity contribution in [2.45, 2.75) is 19.0 Å².